The van der Waals surface area contributed by atoms with Crippen LogP contribution in [0.25, 0.3) is 0 Å². The van der Waals surface area contributed by atoms with Crippen LogP contribution in [0.5, 0.6) is 0 Å². The van der Waals surface area contributed by atoms with Crippen molar-refractivity contribution in [2.75, 3.05) is 32.7 Å². The van der Waals surface area contributed by atoms with Crippen LogP contribution in [0.2, 0.25) is 0 Å². The van der Waals surface area contributed by atoms with Gasteiger partial charge in [0, 0.05) is 56.6 Å². The SMILES string of the molecule is O=C1N=NC(Cc2ccc(F)c(C(=O)N3CCN(C(=O)c4ccn[nH]4)CC3)c2)C2=C1CCCN2. The molecule has 1 fully saturated rings. The van der Waals surface area contributed by atoms with E-state index >= 15 is 0 Å². The molecule has 1 saturated heterocycles. The van der Waals surface area contributed by atoms with Crippen LogP contribution in [0.3, 0.4) is 0 Å². The van der Waals surface area contributed by atoms with Crippen LogP contribution in [0.15, 0.2) is 52.0 Å². The van der Waals surface area contributed by atoms with Crippen LogP contribution in [-0.4, -0.2) is 76.5 Å². The van der Waals surface area contributed by atoms with Crippen molar-refractivity contribution >= 4 is 17.7 Å². The largest absolute Gasteiger partial charge is 0.386 e. The van der Waals surface area contributed by atoms with Gasteiger partial charge in [0.1, 0.15) is 17.6 Å². The molecule has 1 aromatic heterocycles. The number of azo groups is 1. The number of amides is 3. The first kappa shape index (κ1) is 21.9. The molecule has 2 N–H and O–H groups in total. The number of piperazine rings is 1. The number of hydrogen-bond acceptors (Lipinski definition) is 6. The third-order valence-corrected chi connectivity index (χ3v) is 6.40. The molecule has 0 aliphatic carbocycles. The Morgan fingerprint density at radius 1 is 1.09 bits per heavy atom. The molecular weight excluding hydrogens is 441 g/mol. The second-order valence-corrected chi connectivity index (χ2v) is 8.53. The fourth-order valence-corrected chi connectivity index (χ4v) is 4.57. The fraction of sp³-hybridized carbons (Fsp3) is 0.391. The molecule has 0 spiro atoms. The Bertz CT molecular complexity index is 1180. The molecule has 1 aromatic carbocycles. The van der Waals surface area contributed by atoms with Crippen molar-refractivity contribution < 1.29 is 18.8 Å². The summed E-state index contributed by atoms with van der Waals surface area (Å²) in [7, 11) is 0. The van der Waals surface area contributed by atoms with Gasteiger partial charge in [0.2, 0.25) is 0 Å². The highest BCUT2D eigenvalue weighted by Gasteiger charge is 2.30. The molecule has 176 valence electrons. The predicted octanol–water partition coefficient (Wildman–Crippen LogP) is 1.69. The molecule has 3 amide bonds. The normalized spacial score (nSPS) is 20.3. The maximum Gasteiger partial charge on any atom is 0.292 e. The lowest BCUT2D eigenvalue weighted by atomic mass is 9.93. The van der Waals surface area contributed by atoms with Gasteiger partial charge in [-0.15, -0.1) is 5.11 Å². The molecule has 0 bridgehead atoms. The van der Waals surface area contributed by atoms with Crippen LogP contribution in [0, 0.1) is 5.82 Å². The average molecular weight is 465 g/mol. The molecule has 2 aromatic rings. The Hall–Kier alpha value is -3.89. The van der Waals surface area contributed by atoms with E-state index in [1.54, 1.807) is 28.0 Å². The minimum absolute atomic E-state index is 0.0134. The number of aromatic amines is 1. The van der Waals surface area contributed by atoms with Crippen LogP contribution >= 0.6 is 0 Å². The van der Waals surface area contributed by atoms with Gasteiger partial charge in [-0.2, -0.15) is 10.2 Å². The summed E-state index contributed by atoms with van der Waals surface area (Å²) in [5, 5.41) is 17.6. The quantitative estimate of drug-likeness (QED) is 0.711. The van der Waals surface area contributed by atoms with E-state index in [-0.39, 0.29) is 23.4 Å². The maximum absolute atomic E-state index is 14.6. The lowest BCUT2D eigenvalue weighted by Gasteiger charge is -2.34. The van der Waals surface area contributed by atoms with E-state index in [9.17, 15) is 18.8 Å². The molecule has 0 saturated carbocycles. The monoisotopic (exact) mass is 465 g/mol. The smallest absolute Gasteiger partial charge is 0.292 e. The van der Waals surface area contributed by atoms with Crippen molar-refractivity contribution in [3.8, 4) is 0 Å². The van der Waals surface area contributed by atoms with Crippen LogP contribution in [0.4, 0.5) is 4.39 Å². The summed E-state index contributed by atoms with van der Waals surface area (Å²) >= 11 is 0. The van der Waals surface area contributed by atoms with Gasteiger partial charge in [0.25, 0.3) is 17.7 Å². The Morgan fingerprint density at radius 3 is 2.59 bits per heavy atom. The number of H-pyrrole nitrogens is 1. The Labute approximate surface area is 194 Å². The number of benzene rings is 1. The van der Waals surface area contributed by atoms with Gasteiger partial charge >= 0.3 is 0 Å². The number of carbonyl (C=O) groups is 3. The standard InChI is InChI=1S/C23H24FN7O3/c24-17-4-3-14(13-19-20-15(2-1-6-25-20)21(32)29-28-19)12-16(17)22(33)30-8-10-31(11-9-30)23(34)18-5-7-26-27-18/h3-5,7,12,19,25H,1-2,6,8-11,13H2,(H,26,27). The second-order valence-electron chi connectivity index (χ2n) is 8.53. The van der Waals surface area contributed by atoms with Crippen molar-refractivity contribution in [1.29, 1.82) is 0 Å². The number of aromatic nitrogens is 2. The molecule has 3 aliphatic heterocycles. The van der Waals surface area contributed by atoms with Crippen molar-refractivity contribution in [1.82, 2.24) is 25.3 Å². The predicted molar refractivity (Wildman–Crippen MR) is 118 cm³/mol. The zero-order valence-corrected chi connectivity index (χ0v) is 18.5. The topological polar surface area (TPSA) is 123 Å². The van der Waals surface area contributed by atoms with Gasteiger partial charge < -0.3 is 15.1 Å². The Morgan fingerprint density at radius 2 is 1.85 bits per heavy atom. The summed E-state index contributed by atoms with van der Waals surface area (Å²) in [5.74, 6) is -1.49. The number of carbonyl (C=O) groups excluding carboxylic acids is 3. The molecule has 1 atom stereocenters. The molecule has 4 heterocycles. The van der Waals surface area contributed by atoms with E-state index in [1.807, 2.05) is 0 Å². The summed E-state index contributed by atoms with van der Waals surface area (Å²) in [5.41, 5.74) is 2.55. The maximum atomic E-state index is 14.6. The minimum atomic E-state index is -0.596. The number of hydrogen-bond donors (Lipinski definition) is 2. The summed E-state index contributed by atoms with van der Waals surface area (Å²) in [4.78, 5) is 40.8. The molecule has 10 nitrogen and oxygen atoms in total. The van der Waals surface area contributed by atoms with E-state index in [0.717, 1.165) is 24.2 Å². The lowest BCUT2D eigenvalue weighted by molar-refractivity contribution is -0.115. The lowest BCUT2D eigenvalue weighted by Crippen LogP contribution is -2.50. The second kappa shape index (κ2) is 9.16. The Balaban J connectivity index is 1.27. The van der Waals surface area contributed by atoms with E-state index < -0.39 is 11.7 Å². The van der Waals surface area contributed by atoms with Gasteiger partial charge in [-0.3, -0.25) is 19.5 Å². The zero-order chi connectivity index (χ0) is 23.7. The van der Waals surface area contributed by atoms with Crippen molar-refractivity contribution in [2.24, 2.45) is 10.2 Å². The van der Waals surface area contributed by atoms with Gasteiger partial charge in [-0.25, -0.2) is 4.39 Å². The van der Waals surface area contributed by atoms with Crippen molar-refractivity contribution in [2.45, 2.75) is 25.3 Å². The highest BCUT2D eigenvalue weighted by Crippen LogP contribution is 2.27. The fourth-order valence-electron chi connectivity index (χ4n) is 4.57. The Kier molecular flexibility index (Phi) is 5.91. The minimum Gasteiger partial charge on any atom is -0.386 e. The average Bonchev–Trinajstić information content (AvgIpc) is 3.41. The first-order valence-electron chi connectivity index (χ1n) is 11.3. The number of halogens is 1. The van der Waals surface area contributed by atoms with Crippen molar-refractivity contribution in [3.05, 3.63) is 64.4 Å². The first-order valence-corrected chi connectivity index (χ1v) is 11.3. The van der Waals surface area contributed by atoms with Crippen LogP contribution in [0.1, 0.15) is 39.3 Å². The molecule has 3 aliphatic rings. The third-order valence-electron chi connectivity index (χ3n) is 6.40. The zero-order valence-electron chi connectivity index (χ0n) is 18.5. The first-order chi connectivity index (χ1) is 16.5. The molecule has 0 radical (unpaired) electrons. The highest BCUT2D eigenvalue weighted by atomic mass is 19.1. The van der Waals surface area contributed by atoms with E-state index in [2.05, 4.69) is 25.7 Å². The van der Waals surface area contributed by atoms with Gasteiger partial charge in [-0.05, 0) is 36.6 Å². The number of nitrogens with one attached hydrogen (secondary N) is 2. The van der Waals surface area contributed by atoms with Crippen LogP contribution < -0.4 is 5.32 Å². The molecule has 34 heavy (non-hydrogen) atoms. The molecular formula is C23H24FN7O3. The molecule has 11 heteroatoms. The number of rotatable bonds is 4. The number of nitrogens with zero attached hydrogens (tertiary/aromatic N) is 5. The third kappa shape index (κ3) is 4.20. The highest BCUT2D eigenvalue weighted by molar-refractivity contribution is 5.96. The van der Waals surface area contributed by atoms with E-state index in [0.29, 0.717) is 50.3 Å². The summed E-state index contributed by atoms with van der Waals surface area (Å²) in [6.07, 6.45) is 3.44. The van der Waals surface area contributed by atoms with Gasteiger partial charge in [0.15, 0.2) is 0 Å². The summed E-state index contributed by atoms with van der Waals surface area (Å²) in [6.45, 7) is 2.08. The molecule has 1 unspecified atom stereocenters. The van der Waals surface area contributed by atoms with E-state index in [1.165, 1.54) is 12.3 Å². The molecule has 5 rings (SSSR count). The van der Waals surface area contributed by atoms with Crippen molar-refractivity contribution in [3.63, 3.8) is 0 Å². The van der Waals surface area contributed by atoms with Crippen LogP contribution in [-0.2, 0) is 11.2 Å². The summed E-state index contributed by atoms with van der Waals surface area (Å²) in [6, 6.07) is 5.70. The van der Waals surface area contributed by atoms with Gasteiger partial charge in [0.05, 0.1) is 5.56 Å². The summed E-state index contributed by atoms with van der Waals surface area (Å²) < 4.78 is 14.6. The van der Waals surface area contributed by atoms with E-state index in [4.69, 9.17) is 0 Å². The van der Waals surface area contributed by atoms with Gasteiger partial charge in [-0.1, -0.05) is 6.07 Å².